The Kier molecular flexibility index (Phi) is 8.24. The molecule has 3 atom stereocenters. The second-order valence-corrected chi connectivity index (χ2v) is 9.50. The summed E-state index contributed by atoms with van der Waals surface area (Å²) in [5.74, 6) is -4.83. The number of nitrogens with zero attached hydrogens (tertiary/aromatic N) is 3. The van der Waals surface area contributed by atoms with Crippen LogP contribution >= 0.6 is 0 Å². The van der Waals surface area contributed by atoms with Crippen molar-refractivity contribution in [2.75, 3.05) is 33.7 Å². The quantitative estimate of drug-likeness (QED) is 0.216. The number of carbonyl (C=O) groups is 2. The zero-order chi connectivity index (χ0) is 29.1. The lowest BCUT2D eigenvalue weighted by Crippen LogP contribution is -2.51. The van der Waals surface area contributed by atoms with E-state index in [9.17, 15) is 23.2 Å². The summed E-state index contributed by atoms with van der Waals surface area (Å²) in [7, 11) is 1.43. The molecule has 2 aromatic carbocycles. The van der Waals surface area contributed by atoms with Crippen LogP contribution in [0.4, 0.5) is 18.0 Å². The molecule has 0 unspecified atom stereocenters. The monoisotopic (exact) mass is 573 g/mol. The van der Waals surface area contributed by atoms with Gasteiger partial charge in [-0.2, -0.15) is 5.10 Å². The number of aromatic nitrogens is 2. The number of rotatable bonds is 9. The number of ether oxygens (including phenoxy) is 4. The molecule has 3 heterocycles. The minimum Gasteiger partial charge on any atom is -0.451 e. The predicted octanol–water partition coefficient (Wildman–Crippen LogP) is 3.79. The lowest BCUT2D eigenvalue weighted by molar-refractivity contribution is -0.00548. The molecule has 216 valence electrons. The average molecular weight is 574 g/mol. The number of methoxy groups -OCH3 is 1. The Bertz CT molecular complexity index is 1520. The van der Waals surface area contributed by atoms with E-state index in [1.807, 2.05) is 0 Å². The fourth-order valence-corrected chi connectivity index (χ4v) is 5.48. The number of fused-ring (bicyclic) bond motifs is 2. The number of amides is 1. The van der Waals surface area contributed by atoms with Crippen LogP contribution in [0.2, 0.25) is 0 Å². The fraction of sp³-hybridized carbons (Fsp3) is 0.357. The fourth-order valence-electron chi connectivity index (χ4n) is 5.48. The summed E-state index contributed by atoms with van der Waals surface area (Å²) in [5, 5.41) is 4.23. The summed E-state index contributed by atoms with van der Waals surface area (Å²) in [5.41, 5.74) is -0.776. The van der Waals surface area contributed by atoms with Gasteiger partial charge in [0.15, 0.2) is 17.3 Å². The van der Waals surface area contributed by atoms with E-state index in [4.69, 9.17) is 18.9 Å². The second kappa shape index (κ2) is 12.0. The van der Waals surface area contributed by atoms with Crippen LogP contribution in [0.15, 0.2) is 53.5 Å². The highest BCUT2D eigenvalue weighted by Crippen LogP contribution is 2.46. The molecule has 2 aliphatic rings. The van der Waals surface area contributed by atoms with Gasteiger partial charge in [-0.1, -0.05) is 24.3 Å². The Morgan fingerprint density at radius 1 is 1.10 bits per heavy atom. The summed E-state index contributed by atoms with van der Waals surface area (Å²) in [4.78, 5) is 39.8. The molecule has 1 fully saturated rings. The molecule has 3 aromatic rings. The molecule has 1 aromatic heterocycles. The molecular weight excluding hydrogens is 547 g/mol. The molecule has 0 radical (unpaired) electrons. The average Bonchev–Trinajstić information content (AvgIpc) is 3.44. The van der Waals surface area contributed by atoms with Crippen molar-refractivity contribution in [3.05, 3.63) is 93.2 Å². The van der Waals surface area contributed by atoms with Crippen molar-refractivity contribution in [3.63, 3.8) is 0 Å². The van der Waals surface area contributed by atoms with Crippen LogP contribution in [0.25, 0.3) is 0 Å². The van der Waals surface area contributed by atoms with E-state index in [-0.39, 0.29) is 24.5 Å². The van der Waals surface area contributed by atoms with Crippen LogP contribution in [0, 0.1) is 17.5 Å². The Labute approximate surface area is 232 Å². The van der Waals surface area contributed by atoms with Gasteiger partial charge in [0.1, 0.15) is 12.4 Å². The molecule has 1 saturated heterocycles. The molecule has 10 nitrogen and oxygen atoms in total. The summed E-state index contributed by atoms with van der Waals surface area (Å²) in [6.07, 6.45) is 0.936. The molecule has 41 heavy (non-hydrogen) atoms. The normalized spacial score (nSPS) is 18.4. The van der Waals surface area contributed by atoms with Gasteiger partial charge in [0.25, 0.3) is 5.91 Å². The largest absolute Gasteiger partial charge is 0.511 e. The predicted molar refractivity (Wildman–Crippen MR) is 136 cm³/mol. The SMILES string of the molecule is COCCOC(=O)OCOc1c2n(ncc1=O)[C@@H]([C@H](c1cccc(F)c1)c1cccc(F)c1F)[C@H]1CCCN1C2=O. The molecule has 0 aliphatic carbocycles. The van der Waals surface area contributed by atoms with E-state index >= 15 is 4.39 Å². The van der Waals surface area contributed by atoms with Crippen molar-refractivity contribution >= 4 is 12.1 Å². The van der Waals surface area contributed by atoms with Crippen LogP contribution in [-0.2, 0) is 14.2 Å². The highest BCUT2D eigenvalue weighted by molar-refractivity contribution is 5.96. The van der Waals surface area contributed by atoms with Crippen molar-refractivity contribution in [1.29, 1.82) is 0 Å². The van der Waals surface area contributed by atoms with Crippen molar-refractivity contribution < 1.29 is 41.7 Å². The lowest BCUT2D eigenvalue weighted by Gasteiger charge is -2.42. The highest BCUT2D eigenvalue weighted by atomic mass is 19.2. The number of hydrogen-bond acceptors (Lipinski definition) is 8. The Morgan fingerprint density at radius 3 is 2.68 bits per heavy atom. The maximum Gasteiger partial charge on any atom is 0.511 e. The summed E-state index contributed by atoms with van der Waals surface area (Å²) in [6, 6.07) is 7.76. The topological polar surface area (TPSA) is 109 Å². The first-order valence-electron chi connectivity index (χ1n) is 12.8. The first kappa shape index (κ1) is 28.1. The third-order valence-electron chi connectivity index (χ3n) is 7.16. The van der Waals surface area contributed by atoms with Crippen molar-refractivity contribution in [2.24, 2.45) is 0 Å². The summed E-state index contributed by atoms with van der Waals surface area (Å²) in [6.45, 7) is -0.366. The van der Waals surface area contributed by atoms with Crippen molar-refractivity contribution in [2.45, 2.75) is 30.8 Å². The molecule has 0 N–H and O–H groups in total. The van der Waals surface area contributed by atoms with Crippen molar-refractivity contribution in [1.82, 2.24) is 14.7 Å². The minimum absolute atomic E-state index is 0.0714. The second-order valence-electron chi connectivity index (χ2n) is 9.50. The maximum atomic E-state index is 15.4. The lowest BCUT2D eigenvalue weighted by atomic mass is 9.79. The third-order valence-corrected chi connectivity index (χ3v) is 7.16. The number of hydrogen-bond donors (Lipinski definition) is 0. The zero-order valence-electron chi connectivity index (χ0n) is 21.9. The Balaban J connectivity index is 1.60. The zero-order valence-corrected chi connectivity index (χ0v) is 21.9. The minimum atomic E-state index is -1.12. The highest BCUT2D eigenvalue weighted by Gasteiger charge is 2.49. The standard InChI is InChI=1S/C28H26F3N3O7/c1-38-11-12-39-28(37)41-15-40-26-21(35)14-32-34-24(20-9-4-10-33(20)27(36)25(26)34)22(16-5-2-6-17(29)13-16)18-7-3-8-19(30)23(18)31/h2-3,5-8,13-14,20,22,24H,4,9-12,15H2,1H3/t20-,22-,24-/m1/s1. The van der Waals surface area contributed by atoms with E-state index in [2.05, 4.69) is 5.10 Å². The Morgan fingerprint density at radius 2 is 1.90 bits per heavy atom. The molecule has 0 spiro atoms. The van der Waals surface area contributed by atoms with Gasteiger partial charge in [0.05, 0.1) is 24.9 Å². The number of halogens is 3. The van der Waals surface area contributed by atoms with Gasteiger partial charge in [-0.15, -0.1) is 0 Å². The molecule has 5 rings (SSSR count). The number of carbonyl (C=O) groups excluding carboxylic acids is 2. The molecule has 13 heteroatoms. The Hall–Kier alpha value is -4.39. The van der Waals surface area contributed by atoms with Crippen LogP contribution in [0.3, 0.4) is 0 Å². The van der Waals surface area contributed by atoms with E-state index < -0.39 is 65.5 Å². The van der Waals surface area contributed by atoms with Gasteiger partial charge in [0, 0.05) is 25.1 Å². The van der Waals surface area contributed by atoms with Gasteiger partial charge in [0.2, 0.25) is 18.0 Å². The molecule has 0 saturated carbocycles. The van der Waals surface area contributed by atoms with E-state index in [1.165, 1.54) is 47.0 Å². The van der Waals surface area contributed by atoms with Crippen LogP contribution in [0.1, 0.15) is 46.4 Å². The van der Waals surface area contributed by atoms with Gasteiger partial charge in [-0.05, 0) is 36.6 Å². The molecule has 1 amide bonds. The van der Waals surface area contributed by atoms with Gasteiger partial charge in [-0.25, -0.2) is 18.0 Å². The van der Waals surface area contributed by atoms with Crippen LogP contribution in [-0.4, -0.2) is 66.4 Å². The van der Waals surface area contributed by atoms with Crippen LogP contribution in [0.5, 0.6) is 5.75 Å². The van der Waals surface area contributed by atoms with E-state index in [0.29, 0.717) is 24.9 Å². The third kappa shape index (κ3) is 5.49. The van der Waals surface area contributed by atoms with E-state index in [1.54, 1.807) is 6.07 Å². The first-order chi connectivity index (χ1) is 19.8. The maximum absolute atomic E-state index is 15.4. The van der Waals surface area contributed by atoms with E-state index in [0.717, 1.165) is 12.3 Å². The molecule has 0 bridgehead atoms. The summed E-state index contributed by atoms with van der Waals surface area (Å²) >= 11 is 0. The van der Waals surface area contributed by atoms with Gasteiger partial charge < -0.3 is 23.8 Å². The number of benzene rings is 2. The van der Waals surface area contributed by atoms with Crippen molar-refractivity contribution in [3.8, 4) is 5.75 Å². The molecular formula is C28H26F3N3O7. The van der Waals surface area contributed by atoms with Crippen LogP contribution < -0.4 is 10.2 Å². The first-order valence-corrected chi connectivity index (χ1v) is 12.8. The molecule has 2 aliphatic heterocycles. The van der Waals surface area contributed by atoms with Gasteiger partial charge >= 0.3 is 6.16 Å². The smallest absolute Gasteiger partial charge is 0.451 e. The summed E-state index contributed by atoms with van der Waals surface area (Å²) < 4.78 is 65.4. The van der Waals surface area contributed by atoms with Gasteiger partial charge in [-0.3, -0.25) is 14.3 Å².